The van der Waals surface area contributed by atoms with E-state index in [1.54, 1.807) is 0 Å². The van der Waals surface area contributed by atoms with Gasteiger partial charge >= 0.3 is 0 Å². The molecule has 0 aliphatic heterocycles. The van der Waals surface area contributed by atoms with Gasteiger partial charge in [-0.25, -0.2) is 0 Å². The molecule has 2 aromatic rings. The first kappa shape index (κ1) is 16.7. The molecule has 0 saturated heterocycles. The van der Waals surface area contributed by atoms with E-state index < -0.39 is 6.10 Å². The number of rotatable bonds is 8. The van der Waals surface area contributed by atoms with Crippen molar-refractivity contribution in [1.29, 1.82) is 0 Å². The lowest BCUT2D eigenvalue weighted by Gasteiger charge is -2.16. The van der Waals surface area contributed by atoms with Crippen molar-refractivity contribution < 1.29 is 9.84 Å². The van der Waals surface area contributed by atoms with Crippen LogP contribution in [0.5, 0.6) is 5.75 Å². The molecular formula is C18H22ClNO2. The lowest BCUT2D eigenvalue weighted by atomic mass is 10.0. The summed E-state index contributed by atoms with van der Waals surface area (Å²) in [5.41, 5.74) is 3.12. The zero-order chi connectivity index (χ0) is 15.8. The molecule has 4 heteroatoms. The van der Waals surface area contributed by atoms with Crippen LogP contribution in [0, 0.1) is 0 Å². The normalized spacial score (nSPS) is 12.0. The number of hydrogen-bond acceptors (Lipinski definition) is 3. The maximum atomic E-state index is 9.64. The molecule has 0 spiro atoms. The van der Waals surface area contributed by atoms with Gasteiger partial charge in [0.25, 0.3) is 0 Å². The topological polar surface area (TPSA) is 41.5 Å². The Morgan fingerprint density at radius 2 is 1.91 bits per heavy atom. The molecule has 0 aliphatic carbocycles. The summed E-state index contributed by atoms with van der Waals surface area (Å²) in [5.74, 6) is 1.000. The summed E-state index contributed by atoms with van der Waals surface area (Å²) in [4.78, 5) is 0. The van der Waals surface area contributed by atoms with Crippen LogP contribution in [0.4, 0.5) is 5.69 Å². The fourth-order valence-corrected chi connectivity index (χ4v) is 2.21. The highest BCUT2D eigenvalue weighted by atomic mass is 35.5. The van der Waals surface area contributed by atoms with E-state index in [1.807, 2.05) is 36.4 Å². The highest BCUT2D eigenvalue weighted by molar-refractivity contribution is 6.18. The average molecular weight is 320 g/mol. The lowest BCUT2D eigenvalue weighted by molar-refractivity contribution is 0.211. The maximum Gasteiger partial charge on any atom is 0.142 e. The molecule has 0 saturated carbocycles. The minimum Gasteiger partial charge on any atom is -0.491 e. The van der Waals surface area contributed by atoms with Crippen molar-refractivity contribution in [3.05, 3.63) is 48.5 Å². The van der Waals surface area contributed by atoms with Crippen molar-refractivity contribution in [3.8, 4) is 16.9 Å². The summed E-state index contributed by atoms with van der Waals surface area (Å²) in [7, 11) is 0. The Morgan fingerprint density at radius 1 is 1.14 bits per heavy atom. The molecule has 2 rings (SSSR count). The highest BCUT2D eigenvalue weighted by Gasteiger charge is 2.09. The fraction of sp³-hybridized carbons (Fsp3) is 0.333. The van der Waals surface area contributed by atoms with Gasteiger partial charge in [-0.3, -0.25) is 0 Å². The van der Waals surface area contributed by atoms with Crippen LogP contribution in [-0.4, -0.2) is 30.2 Å². The second-order valence-corrected chi connectivity index (χ2v) is 5.42. The third kappa shape index (κ3) is 4.65. The van der Waals surface area contributed by atoms with Crippen LogP contribution >= 0.6 is 11.6 Å². The minimum absolute atomic E-state index is 0.205. The van der Waals surface area contributed by atoms with E-state index in [0.29, 0.717) is 13.2 Å². The first-order valence-electron chi connectivity index (χ1n) is 7.54. The molecule has 22 heavy (non-hydrogen) atoms. The molecule has 0 amide bonds. The van der Waals surface area contributed by atoms with Gasteiger partial charge in [0, 0.05) is 6.54 Å². The zero-order valence-corrected chi connectivity index (χ0v) is 13.5. The van der Waals surface area contributed by atoms with E-state index in [4.69, 9.17) is 16.3 Å². The van der Waals surface area contributed by atoms with E-state index >= 15 is 0 Å². The van der Waals surface area contributed by atoms with Gasteiger partial charge in [0.05, 0.1) is 24.3 Å². The van der Waals surface area contributed by atoms with Gasteiger partial charge < -0.3 is 15.2 Å². The van der Waals surface area contributed by atoms with Gasteiger partial charge in [0.2, 0.25) is 0 Å². The Bertz CT molecular complexity index is 575. The first-order valence-corrected chi connectivity index (χ1v) is 8.08. The number of aliphatic hydroxyl groups excluding tert-OH is 1. The van der Waals surface area contributed by atoms with Crippen molar-refractivity contribution in [3.63, 3.8) is 0 Å². The van der Waals surface area contributed by atoms with Gasteiger partial charge in [0.15, 0.2) is 0 Å². The Hall–Kier alpha value is -1.71. The van der Waals surface area contributed by atoms with E-state index in [2.05, 4.69) is 24.4 Å². The molecule has 0 aromatic heterocycles. The number of anilines is 1. The smallest absolute Gasteiger partial charge is 0.142 e. The predicted molar refractivity (Wildman–Crippen MR) is 92.9 cm³/mol. The average Bonchev–Trinajstić information content (AvgIpc) is 2.58. The van der Waals surface area contributed by atoms with Gasteiger partial charge in [-0.1, -0.05) is 43.3 Å². The number of benzene rings is 2. The molecule has 2 N–H and O–H groups in total. The van der Waals surface area contributed by atoms with Crippen LogP contribution in [-0.2, 0) is 0 Å². The van der Waals surface area contributed by atoms with Crippen LogP contribution in [0.25, 0.3) is 11.1 Å². The molecule has 0 fully saturated rings. The summed E-state index contributed by atoms with van der Waals surface area (Å²) in [6.45, 7) is 3.13. The number of nitrogens with one attached hydrogen (secondary N) is 1. The van der Waals surface area contributed by atoms with Crippen molar-refractivity contribution in [1.82, 2.24) is 0 Å². The molecular weight excluding hydrogens is 298 g/mol. The maximum absolute atomic E-state index is 9.64. The molecule has 0 bridgehead atoms. The van der Waals surface area contributed by atoms with Crippen LogP contribution in [0.1, 0.15) is 13.3 Å². The third-order valence-electron chi connectivity index (χ3n) is 3.25. The molecule has 1 atom stereocenters. The summed E-state index contributed by atoms with van der Waals surface area (Å²) >= 11 is 5.65. The number of ether oxygens (including phenoxy) is 1. The Kier molecular flexibility index (Phi) is 6.56. The van der Waals surface area contributed by atoms with E-state index in [1.165, 1.54) is 0 Å². The molecule has 0 aliphatic rings. The molecule has 3 nitrogen and oxygen atoms in total. The van der Waals surface area contributed by atoms with Gasteiger partial charge in [-0.05, 0) is 29.7 Å². The standard InChI is InChI=1S/C18H22ClNO2/c1-2-10-22-18-9-8-15(14-6-4-3-5-7-14)11-17(18)20-13-16(21)12-19/h3-9,11,16,20-21H,2,10,12-13H2,1H3. The summed E-state index contributed by atoms with van der Waals surface area (Å²) in [6, 6.07) is 16.2. The third-order valence-corrected chi connectivity index (χ3v) is 3.61. The monoisotopic (exact) mass is 319 g/mol. The number of hydrogen-bond donors (Lipinski definition) is 2. The van der Waals surface area contributed by atoms with Crippen molar-refractivity contribution in [2.45, 2.75) is 19.4 Å². The predicted octanol–water partition coefficient (Wildman–Crippen LogP) is 4.15. The Labute approximate surface area is 136 Å². The summed E-state index contributed by atoms with van der Waals surface area (Å²) < 4.78 is 5.77. The van der Waals surface area contributed by atoms with Crippen LogP contribution < -0.4 is 10.1 Å². The Balaban J connectivity index is 2.24. The van der Waals surface area contributed by atoms with Crippen molar-refractivity contribution >= 4 is 17.3 Å². The largest absolute Gasteiger partial charge is 0.491 e. The van der Waals surface area contributed by atoms with E-state index in [9.17, 15) is 5.11 Å². The number of aliphatic hydroxyl groups is 1. The molecule has 2 aromatic carbocycles. The SMILES string of the molecule is CCCOc1ccc(-c2ccccc2)cc1NCC(O)CCl. The van der Waals surface area contributed by atoms with Crippen molar-refractivity contribution in [2.24, 2.45) is 0 Å². The number of halogens is 1. The van der Waals surface area contributed by atoms with Crippen molar-refractivity contribution in [2.75, 3.05) is 24.3 Å². The van der Waals surface area contributed by atoms with Gasteiger partial charge in [0.1, 0.15) is 5.75 Å². The zero-order valence-electron chi connectivity index (χ0n) is 12.8. The summed E-state index contributed by atoms with van der Waals surface area (Å²) in [5, 5.41) is 12.9. The quantitative estimate of drug-likeness (QED) is 0.718. The van der Waals surface area contributed by atoms with Crippen LogP contribution in [0.2, 0.25) is 0 Å². The molecule has 0 radical (unpaired) electrons. The second kappa shape index (κ2) is 8.66. The second-order valence-electron chi connectivity index (χ2n) is 5.11. The van der Waals surface area contributed by atoms with Gasteiger partial charge in [-0.2, -0.15) is 0 Å². The van der Waals surface area contributed by atoms with E-state index in [-0.39, 0.29) is 5.88 Å². The van der Waals surface area contributed by atoms with Crippen LogP contribution in [0.3, 0.4) is 0 Å². The van der Waals surface area contributed by atoms with E-state index in [0.717, 1.165) is 29.0 Å². The first-order chi connectivity index (χ1) is 10.7. The van der Waals surface area contributed by atoms with Gasteiger partial charge in [-0.15, -0.1) is 11.6 Å². The highest BCUT2D eigenvalue weighted by Crippen LogP contribution is 2.31. The molecule has 1 unspecified atom stereocenters. The molecule has 0 heterocycles. The number of alkyl halides is 1. The molecule has 118 valence electrons. The van der Waals surface area contributed by atoms with Crippen LogP contribution in [0.15, 0.2) is 48.5 Å². The summed E-state index contributed by atoms with van der Waals surface area (Å²) in [6.07, 6.45) is 0.366. The lowest BCUT2D eigenvalue weighted by Crippen LogP contribution is -2.21. The Morgan fingerprint density at radius 3 is 2.59 bits per heavy atom. The fourth-order valence-electron chi connectivity index (χ4n) is 2.10. The minimum atomic E-state index is -0.582.